The predicted octanol–water partition coefficient (Wildman–Crippen LogP) is 6.92. The van der Waals surface area contributed by atoms with Gasteiger partial charge in [0.15, 0.2) is 0 Å². The molecule has 0 aliphatic heterocycles. The SMILES string of the molecule is CCC(=O)NCc1ccc(NC[C@](O)(c2cc(Cl)c(Cl)c(C(F)(F)F)c2)C(F)(F)F)cc1C(F)(F)F. The van der Waals surface area contributed by atoms with Gasteiger partial charge < -0.3 is 15.7 Å². The number of halogens is 11. The zero-order chi connectivity index (χ0) is 27.7. The molecule has 0 radical (unpaired) electrons. The lowest BCUT2D eigenvalue weighted by molar-refractivity contribution is -0.260. The number of alkyl halides is 9. The van der Waals surface area contributed by atoms with E-state index in [1.165, 1.54) is 6.92 Å². The van der Waals surface area contributed by atoms with Crippen LogP contribution in [0.3, 0.4) is 0 Å². The number of amides is 1. The summed E-state index contributed by atoms with van der Waals surface area (Å²) in [6.45, 7) is -0.618. The third-order valence-corrected chi connectivity index (χ3v) is 5.84. The monoisotopic (exact) mass is 570 g/mol. The molecule has 200 valence electrons. The van der Waals surface area contributed by atoms with Gasteiger partial charge in [-0.3, -0.25) is 4.79 Å². The number of hydrogen-bond acceptors (Lipinski definition) is 3. The van der Waals surface area contributed by atoms with Gasteiger partial charge >= 0.3 is 18.5 Å². The predicted molar refractivity (Wildman–Crippen MR) is 113 cm³/mol. The average Bonchev–Trinajstić information content (AvgIpc) is 2.75. The van der Waals surface area contributed by atoms with Crippen molar-refractivity contribution < 1.29 is 49.4 Å². The molecule has 3 N–H and O–H groups in total. The Bertz CT molecular complexity index is 1120. The Labute approximate surface area is 208 Å². The molecule has 0 aliphatic rings. The van der Waals surface area contributed by atoms with Crippen molar-refractivity contribution >= 4 is 34.8 Å². The van der Waals surface area contributed by atoms with E-state index in [4.69, 9.17) is 23.2 Å². The topological polar surface area (TPSA) is 61.4 Å². The van der Waals surface area contributed by atoms with Crippen LogP contribution in [-0.2, 0) is 29.3 Å². The average molecular weight is 571 g/mol. The molecular weight excluding hydrogens is 554 g/mol. The van der Waals surface area contributed by atoms with E-state index in [0.29, 0.717) is 12.1 Å². The van der Waals surface area contributed by atoms with E-state index in [2.05, 4.69) is 5.32 Å². The van der Waals surface area contributed by atoms with Crippen LogP contribution >= 0.6 is 23.2 Å². The van der Waals surface area contributed by atoms with Gasteiger partial charge in [0.25, 0.3) is 0 Å². The Morgan fingerprint density at radius 1 is 0.917 bits per heavy atom. The zero-order valence-corrected chi connectivity index (χ0v) is 19.5. The molecule has 0 spiro atoms. The van der Waals surface area contributed by atoms with Crippen molar-refractivity contribution in [2.45, 2.75) is 44.0 Å². The van der Waals surface area contributed by atoms with Gasteiger partial charge in [0.2, 0.25) is 11.5 Å². The van der Waals surface area contributed by atoms with Crippen LogP contribution in [-0.4, -0.2) is 23.7 Å². The van der Waals surface area contributed by atoms with Crippen molar-refractivity contribution in [3.63, 3.8) is 0 Å². The summed E-state index contributed by atoms with van der Waals surface area (Å²) in [5, 5.41) is 12.6. The molecule has 2 aromatic rings. The van der Waals surface area contributed by atoms with Crippen molar-refractivity contribution in [2.24, 2.45) is 0 Å². The summed E-state index contributed by atoms with van der Waals surface area (Å²) in [4.78, 5) is 11.4. The highest BCUT2D eigenvalue weighted by molar-refractivity contribution is 6.42. The highest BCUT2D eigenvalue weighted by Gasteiger charge is 2.56. The van der Waals surface area contributed by atoms with Gasteiger partial charge in [-0.1, -0.05) is 36.2 Å². The number of aliphatic hydroxyl groups is 1. The Balaban J connectivity index is 2.47. The first kappa shape index (κ1) is 29.8. The molecule has 0 unspecified atom stereocenters. The molecular formula is C21H17Cl2F9N2O2. The minimum Gasteiger partial charge on any atom is -0.381 e. The van der Waals surface area contributed by atoms with Gasteiger partial charge in [-0.2, -0.15) is 39.5 Å². The van der Waals surface area contributed by atoms with Gasteiger partial charge in [-0.05, 0) is 35.4 Å². The molecule has 2 aromatic carbocycles. The highest BCUT2D eigenvalue weighted by Crippen LogP contribution is 2.45. The van der Waals surface area contributed by atoms with E-state index in [0.717, 1.165) is 12.1 Å². The molecule has 36 heavy (non-hydrogen) atoms. The van der Waals surface area contributed by atoms with Crippen molar-refractivity contribution in [1.29, 1.82) is 0 Å². The summed E-state index contributed by atoms with van der Waals surface area (Å²) in [6, 6.07) is 2.64. The zero-order valence-electron chi connectivity index (χ0n) is 18.0. The number of carbonyl (C=O) groups excluding carboxylic acids is 1. The van der Waals surface area contributed by atoms with E-state index >= 15 is 0 Å². The van der Waals surface area contributed by atoms with Gasteiger partial charge in [0.1, 0.15) is 0 Å². The van der Waals surface area contributed by atoms with Crippen molar-refractivity contribution in [3.8, 4) is 0 Å². The van der Waals surface area contributed by atoms with E-state index in [1.807, 2.05) is 5.32 Å². The van der Waals surface area contributed by atoms with Gasteiger partial charge in [0, 0.05) is 18.7 Å². The van der Waals surface area contributed by atoms with Crippen LogP contribution < -0.4 is 10.6 Å². The normalized spacial score (nSPS) is 14.4. The molecule has 0 aromatic heterocycles. The standard InChI is InChI=1S/C21H17Cl2F9N2O2/c1-2-16(35)33-8-10-3-4-12(7-13(10)19(24,25)26)34-9-18(36,21(30,31)32)11-5-14(20(27,28)29)17(23)15(22)6-11/h3-7,34,36H,2,8-9H2,1H3,(H,33,35)/t18-/m0/s1. The maximum absolute atomic E-state index is 13.8. The summed E-state index contributed by atoms with van der Waals surface area (Å²) in [5.41, 5.74) is -9.29. The van der Waals surface area contributed by atoms with Crippen molar-refractivity contribution in [2.75, 3.05) is 11.9 Å². The molecule has 1 atom stereocenters. The summed E-state index contributed by atoms with van der Waals surface area (Å²) in [7, 11) is 0. The summed E-state index contributed by atoms with van der Waals surface area (Å²) in [5.74, 6) is -0.541. The molecule has 0 saturated heterocycles. The van der Waals surface area contributed by atoms with Crippen molar-refractivity contribution in [3.05, 3.63) is 62.6 Å². The molecule has 2 rings (SSSR count). The van der Waals surface area contributed by atoms with Crippen LogP contribution in [0.2, 0.25) is 10.0 Å². The summed E-state index contributed by atoms with van der Waals surface area (Å²) in [6.07, 6.45) is -15.8. The molecule has 0 saturated carbocycles. The first-order chi connectivity index (χ1) is 16.3. The third kappa shape index (κ3) is 6.68. The van der Waals surface area contributed by atoms with Crippen LogP contribution in [0.25, 0.3) is 0 Å². The van der Waals surface area contributed by atoms with E-state index in [9.17, 15) is 49.4 Å². The van der Waals surface area contributed by atoms with E-state index in [1.54, 1.807) is 0 Å². The lowest BCUT2D eigenvalue weighted by Crippen LogP contribution is -2.48. The second kappa shape index (κ2) is 10.5. The van der Waals surface area contributed by atoms with Gasteiger partial charge in [-0.15, -0.1) is 0 Å². The Morgan fingerprint density at radius 2 is 1.50 bits per heavy atom. The Kier molecular flexibility index (Phi) is 8.74. The quantitative estimate of drug-likeness (QED) is 0.317. The first-order valence-corrected chi connectivity index (χ1v) is 10.6. The fourth-order valence-corrected chi connectivity index (χ4v) is 3.49. The van der Waals surface area contributed by atoms with Crippen molar-refractivity contribution in [1.82, 2.24) is 5.32 Å². The fraction of sp³-hybridized carbons (Fsp3) is 0.381. The van der Waals surface area contributed by atoms with E-state index < -0.39 is 75.5 Å². The number of rotatable bonds is 7. The van der Waals surface area contributed by atoms with Gasteiger partial charge in [0.05, 0.1) is 27.7 Å². The molecule has 4 nitrogen and oxygen atoms in total. The number of carbonyl (C=O) groups is 1. The van der Waals surface area contributed by atoms with Crippen LogP contribution in [0.4, 0.5) is 45.2 Å². The van der Waals surface area contributed by atoms with E-state index in [-0.39, 0.29) is 18.1 Å². The van der Waals surface area contributed by atoms with Crippen LogP contribution in [0.1, 0.15) is 35.6 Å². The second-order valence-corrected chi connectivity index (χ2v) is 8.31. The first-order valence-electron chi connectivity index (χ1n) is 9.87. The number of hydrogen-bond donors (Lipinski definition) is 3. The Morgan fingerprint density at radius 3 is 2.00 bits per heavy atom. The fourth-order valence-electron chi connectivity index (χ4n) is 3.05. The minimum absolute atomic E-state index is 0.00177. The minimum atomic E-state index is -5.59. The molecule has 0 fully saturated rings. The molecule has 0 heterocycles. The smallest absolute Gasteiger partial charge is 0.381 e. The lowest BCUT2D eigenvalue weighted by atomic mass is 9.91. The molecule has 15 heteroatoms. The molecule has 0 bridgehead atoms. The number of benzene rings is 2. The maximum atomic E-state index is 13.8. The second-order valence-electron chi connectivity index (χ2n) is 7.53. The van der Waals surface area contributed by atoms with Crippen LogP contribution in [0.5, 0.6) is 0 Å². The molecule has 1 amide bonds. The summed E-state index contributed by atoms with van der Waals surface area (Å²) >= 11 is 11.0. The highest BCUT2D eigenvalue weighted by atomic mass is 35.5. The molecule has 0 aliphatic carbocycles. The lowest BCUT2D eigenvalue weighted by Gasteiger charge is -2.32. The van der Waals surface area contributed by atoms with Gasteiger partial charge in [-0.25, -0.2) is 0 Å². The maximum Gasteiger partial charge on any atom is 0.423 e. The number of nitrogens with one attached hydrogen (secondary N) is 2. The summed E-state index contributed by atoms with van der Waals surface area (Å²) < 4.78 is 122. The van der Waals surface area contributed by atoms with Crippen LogP contribution in [0, 0.1) is 0 Å². The number of anilines is 1. The largest absolute Gasteiger partial charge is 0.423 e. The third-order valence-electron chi connectivity index (χ3n) is 5.04. The Hall–Kier alpha value is -2.38. The van der Waals surface area contributed by atoms with Crippen LogP contribution in [0.15, 0.2) is 30.3 Å².